The monoisotopic (exact) mass is 471 g/mol. The van der Waals surface area contributed by atoms with E-state index in [9.17, 15) is 14.4 Å². The van der Waals surface area contributed by atoms with Crippen LogP contribution in [-0.4, -0.2) is 47.4 Å². The van der Waals surface area contributed by atoms with Crippen LogP contribution in [-0.2, 0) is 4.74 Å². The van der Waals surface area contributed by atoms with Crippen molar-refractivity contribution in [1.82, 2.24) is 4.90 Å². The Morgan fingerprint density at radius 1 is 0.853 bits per heavy atom. The fraction of sp³-hybridized carbons (Fsp3) is 0.444. The number of rotatable bonds is 3. The lowest BCUT2D eigenvalue weighted by atomic mass is 10.0. The Kier molecular flexibility index (Phi) is 14.1. The molecule has 0 radical (unpaired) electrons. The average Bonchev–Trinajstić information content (AvgIpc) is 3.28. The van der Waals surface area contributed by atoms with Crippen molar-refractivity contribution in [2.24, 2.45) is 11.5 Å². The van der Waals surface area contributed by atoms with Crippen molar-refractivity contribution >= 4 is 17.8 Å². The Bertz CT molecular complexity index is 875. The minimum Gasteiger partial charge on any atom is -0.444 e. The Hall–Kier alpha value is -3.19. The van der Waals surface area contributed by atoms with Crippen molar-refractivity contribution in [3.8, 4) is 0 Å². The zero-order valence-electron chi connectivity index (χ0n) is 21.6. The molecule has 1 fully saturated rings. The number of benzene rings is 2. The van der Waals surface area contributed by atoms with Gasteiger partial charge in [-0.15, -0.1) is 0 Å². The van der Waals surface area contributed by atoms with E-state index in [4.69, 9.17) is 16.2 Å². The van der Waals surface area contributed by atoms with Gasteiger partial charge in [-0.05, 0) is 39.3 Å². The summed E-state index contributed by atoms with van der Waals surface area (Å²) in [5, 5.41) is 0. The summed E-state index contributed by atoms with van der Waals surface area (Å²) >= 11 is 0. The average molecular weight is 472 g/mol. The van der Waals surface area contributed by atoms with Crippen molar-refractivity contribution in [1.29, 1.82) is 0 Å². The topological polar surface area (TPSA) is 116 Å². The van der Waals surface area contributed by atoms with Gasteiger partial charge in [0.2, 0.25) is 5.91 Å². The first-order valence-electron chi connectivity index (χ1n) is 11.8. The highest BCUT2D eigenvalue weighted by molar-refractivity contribution is 6.09. The van der Waals surface area contributed by atoms with Crippen molar-refractivity contribution in [3.63, 3.8) is 0 Å². The van der Waals surface area contributed by atoms with Gasteiger partial charge in [-0.1, -0.05) is 70.2 Å². The number of nitrogens with zero attached hydrogens (tertiary/aromatic N) is 1. The SMILES string of the molecule is CC.CC.CC(C)(C)OC(=O)N1CCC(N)C1.NC(=O)c1ccc(C(=O)c2ccccc2)cc1. The summed E-state index contributed by atoms with van der Waals surface area (Å²) in [6.07, 6.45) is 0.625. The second-order valence-electron chi connectivity index (χ2n) is 8.11. The third-order valence-electron chi connectivity index (χ3n) is 4.34. The number of carbonyl (C=O) groups is 3. The van der Waals surface area contributed by atoms with E-state index in [2.05, 4.69) is 0 Å². The summed E-state index contributed by atoms with van der Waals surface area (Å²) in [4.78, 5) is 36.0. The summed E-state index contributed by atoms with van der Waals surface area (Å²) in [5.41, 5.74) is 12.0. The highest BCUT2D eigenvalue weighted by atomic mass is 16.6. The lowest BCUT2D eigenvalue weighted by molar-refractivity contribution is 0.0292. The molecule has 1 saturated heterocycles. The van der Waals surface area contributed by atoms with Gasteiger partial charge in [-0.3, -0.25) is 9.59 Å². The predicted molar refractivity (Wildman–Crippen MR) is 138 cm³/mol. The standard InChI is InChI=1S/C14H11NO2.C9H18N2O2.2C2H6/c15-14(17)12-8-6-11(7-9-12)13(16)10-4-2-1-3-5-10;1-9(2,3)13-8(12)11-5-4-7(10)6-11;2*1-2/h1-9H,(H2,15,17);7H,4-6,10H2,1-3H3;2*1-2H3. The van der Waals surface area contributed by atoms with Gasteiger partial charge in [0.1, 0.15) is 5.60 Å². The van der Waals surface area contributed by atoms with Crippen LogP contribution in [0.1, 0.15) is 81.2 Å². The first kappa shape index (κ1) is 30.8. The lowest BCUT2D eigenvalue weighted by Gasteiger charge is -2.24. The fourth-order valence-electron chi connectivity index (χ4n) is 2.82. The summed E-state index contributed by atoms with van der Waals surface area (Å²) < 4.78 is 5.20. The Labute approximate surface area is 204 Å². The maximum atomic E-state index is 12.0. The molecule has 4 N–H and O–H groups in total. The number of hydrogen-bond acceptors (Lipinski definition) is 5. The molecule has 1 atom stereocenters. The molecule has 2 amide bonds. The van der Waals surface area contributed by atoms with Gasteiger partial charge in [0.05, 0.1) is 0 Å². The highest BCUT2D eigenvalue weighted by Crippen LogP contribution is 2.14. The third-order valence-corrected chi connectivity index (χ3v) is 4.34. The van der Waals surface area contributed by atoms with Gasteiger partial charge in [0.25, 0.3) is 0 Å². The van der Waals surface area contributed by atoms with Crippen molar-refractivity contribution in [2.75, 3.05) is 13.1 Å². The van der Waals surface area contributed by atoms with Gasteiger partial charge in [-0.2, -0.15) is 0 Å². The second-order valence-corrected chi connectivity index (χ2v) is 8.11. The summed E-state index contributed by atoms with van der Waals surface area (Å²) in [6, 6.07) is 15.4. The molecule has 1 unspecified atom stereocenters. The van der Waals surface area contributed by atoms with Gasteiger partial charge in [0.15, 0.2) is 5.78 Å². The van der Waals surface area contributed by atoms with Crippen molar-refractivity contribution in [2.45, 2.75) is 66.5 Å². The van der Waals surface area contributed by atoms with E-state index in [-0.39, 0.29) is 17.9 Å². The number of carbonyl (C=O) groups excluding carboxylic acids is 3. The maximum Gasteiger partial charge on any atom is 0.410 e. The normalized spacial score (nSPS) is 14.2. The highest BCUT2D eigenvalue weighted by Gasteiger charge is 2.27. The van der Waals surface area contributed by atoms with Crippen LogP contribution in [0.15, 0.2) is 54.6 Å². The quantitative estimate of drug-likeness (QED) is 0.610. The summed E-state index contributed by atoms with van der Waals surface area (Å²) in [6.45, 7) is 14.9. The third kappa shape index (κ3) is 11.1. The van der Waals surface area contributed by atoms with Gasteiger partial charge in [-0.25, -0.2) is 4.79 Å². The molecule has 7 heteroatoms. The molecule has 0 saturated carbocycles. The van der Waals surface area contributed by atoms with Crippen LogP contribution < -0.4 is 11.5 Å². The van der Waals surface area contributed by atoms with Crippen LogP contribution >= 0.6 is 0 Å². The van der Waals surface area contributed by atoms with E-state index >= 15 is 0 Å². The molecule has 1 aliphatic rings. The molecule has 0 spiro atoms. The van der Waals surface area contributed by atoms with Gasteiger partial charge >= 0.3 is 6.09 Å². The summed E-state index contributed by atoms with van der Waals surface area (Å²) in [7, 11) is 0. The smallest absolute Gasteiger partial charge is 0.410 e. The maximum absolute atomic E-state index is 12.0. The molecule has 7 nitrogen and oxygen atoms in total. The molecule has 2 aromatic carbocycles. The number of hydrogen-bond donors (Lipinski definition) is 2. The molecule has 0 bridgehead atoms. The Balaban J connectivity index is 0.000000574. The van der Waals surface area contributed by atoms with E-state index in [0.29, 0.717) is 23.2 Å². The van der Waals surface area contributed by atoms with E-state index in [1.807, 2.05) is 66.7 Å². The Morgan fingerprint density at radius 2 is 1.32 bits per heavy atom. The number of amides is 2. The number of primary amides is 1. The fourth-order valence-corrected chi connectivity index (χ4v) is 2.82. The van der Waals surface area contributed by atoms with E-state index in [1.165, 1.54) is 0 Å². The van der Waals surface area contributed by atoms with Crippen LogP contribution in [0.3, 0.4) is 0 Å². The largest absolute Gasteiger partial charge is 0.444 e. The zero-order valence-corrected chi connectivity index (χ0v) is 21.6. The van der Waals surface area contributed by atoms with Crippen LogP contribution in [0.2, 0.25) is 0 Å². The zero-order chi connectivity index (χ0) is 26.3. The van der Waals surface area contributed by atoms with Gasteiger partial charge in [0, 0.05) is 35.8 Å². The molecule has 188 valence electrons. The number of likely N-dealkylation sites (tertiary alicyclic amines) is 1. The van der Waals surface area contributed by atoms with Gasteiger partial charge < -0.3 is 21.1 Å². The van der Waals surface area contributed by atoms with Crippen LogP contribution in [0.25, 0.3) is 0 Å². The molecule has 2 aromatic rings. The Morgan fingerprint density at radius 3 is 1.74 bits per heavy atom. The molecule has 0 aliphatic carbocycles. The first-order chi connectivity index (χ1) is 16.1. The van der Waals surface area contributed by atoms with Crippen molar-refractivity contribution in [3.05, 3.63) is 71.3 Å². The minimum absolute atomic E-state index is 0.0679. The van der Waals surface area contributed by atoms with E-state index in [1.54, 1.807) is 41.3 Å². The second kappa shape index (κ2) is 15.6. The number of ether oxygens (including phenoxy) is 1. The molecular weight excluding hydrogens is 430 g/mol. The van der Waals surface area contributed by atoms with Crippen LogP contribution in [0.5, 0.6) is 0 Å². The van der Waals surface area contributed by atoms with Crippen LogP contribution in [0, 0.1) is 0 Å². The van der Waals surface area contributed by atoms with E-state index in [0.717, 1.165) is 13.0 Å². The minimum atomic E-state index is -0.497. The molecule has 34 heavy (non-hydrogen) atoms. The lowest BCUT2D eigenvalue weighted by Crippen LogP contribution is -2.36. The van der Waals surface area contributed by atoms with Crippen LogP contribution in [0.4, 0.5) is 4.79 Å². The predicted octanol–water partition coefficient (Wildman–Crippen LogP) is 5.02. The number of ketones is 1. The summed E-state index contributed by atoms with van der Waals surface area (Å²) in [5.74, 6) is -0.565. The van der Waals surface area contributed by atoms with Crippen molar-refractivity contribution < 1.29 is 19.1 Å². The molecule has 3 rings (SSSR count). The first-order valence-corrected chi connectivity index (χ1v) is 11.8. The molecule has 1 heterocycles. The van der Waals surface area contributed by atoms with E-state index < -0.39 is 11.5 Å². The molecule has 0 aromatic heterocycles. The molecule has 1 aliphatic heterocycles. The molecular formula is C27H41N3O4. The number of nitrogens with two attached hydrogens (primary N) is 2.